The van der Waals surface area contributed by atoms with Crippen LogP contribution in [0.1, 0.15) is 56.1 Å². The molecule has 0 spiro atoms. The van der Waals surface area contributed by atoms with Gasteiger partial charge in [-0.1, -0.05) is 43.5 Å². The molecule has 122 valence electrons. The maximum Gasteiger partial charge on any atom is 0.309 e. The monoisotopic (exact) mass is 314 g/mol. The molecule has 1 aliphatic heterocycles. The number of carbonyl (C=O) groups is 2. The molecule has 1 amide bonds. The van der Waals surface area contributed by atoms with E-state index in [2.05, 4.69) is 10.5 Å². The number of ether oxygens (including phenoxy) is 1. The Morgan fingerprint density at radius 3 is 2.52 bits per heavy atom. The summed E-state index contributed by atoms with van der Waals surface area (Å²) >= 11 is 0. The summed E-state index contributed by atoms with van der Waals surface area (Å²) in [6, 6.07) is 7.81. The molecule has 3 rings (SSSR count). The Morgan fingerprint density at radius 1 is 1.13 bits per heavy atom. The minimum atomic E-state index is -0.0619. The number of esters is 1. The molecule has 0 radical (unpaired) electrons. The molecule has 1 heterocycles. The fraction of sp³-hybridized carbons (Fsp3) is 0.500. The summed E-state index contributed by atoms with van der Waals surface area (Å²) in [6.07, 6.45) is 6.55. The average molecular weight is 314 g/mol. The SMILES string of the molecule is O=C1CCC(c2ccc(COC(=O)C3CCCCC3)cc2)=NN1. The molecular weight excluding hydrogens is 292 g/mol. The Hall–Kier alpha value is -2.17. The zero-order valence-electron chi connectivity index (χ0n) is 13.2. The minimum absolute atomic E-state index is 0.0417. The molecule has 0 saturated heterocycles. The van der Waals surface area contributed by atoms with Crippen LogP contribution in [0.15, 0.2) is 29.4 Å². The molecule has 1 aliphatic carbocycles. The van der Waals surface area contributed by atoms with Crippen molar-refractivity contribution in [1.82, 2.24) is 5.43 Å². The second kappa shape index (κ2) is 7.40. The van der Waals surface area contributed by atoms with E-state index in [1.807, 2.05) is 24.3 Å². The summed E-state index contributed by atoms with van der Waals surface area (Å²) in [6.45, 7) is 0.318. The summed E-state index contributed by atoms with van der Waals surface area (Å²) in [7, 11) is 0. The van der Waals surface area contributed by atoms with E-state index in [1.165, 1.54) is 6.42 Å². The van der Waals surface area contributed by atoms with Crippen LogP contribution >= 0.6 is 0 Å². The first-order chi connectivity index (χ1) is 11.2. The van der Waals surface area contributed by atoms with Crippen molar-refractivity contribution >= 4 is 17.6 Å². The van der Waals surface area contributed by atoms with Crippen LogP contribution in [0.2, 0.25) is 0 Å². The molecule has 0 unspecified atom stereocenters. The largest absolute Gasteiger partial charge is 0.461 e. The van der Waals surface area contributed by atoms with Crippen LogP contribution in [0, 0.1) is 5.92 Å². The summed E-state index contributed by atoms with van der Waals surface area (Å²) in [5.41, 5.74) is 5.35. The topological polar surface area (TPSA) is 67.8 Å². The summed E-state index contributed by atoms with van der Waals surface area (Å²) in [4.78, 5) is 23.1. The third-order valence-electron chi connectivity index (χ3n) is 4.51. The van der Waals surface area contributed by atoms with Gasteiger partial charge in [0.2, 0.25) is 5.91 Å². The predicted octanol–water partition coefficient (Wildman–Crippen LogP) is 2.92. The highest BCUT2D eigenvalue weighted by Crippen LogP contribution is 2.25. The van der Waals surface area contributed by atoms with Crippen LogP contribution < -0.4 is 5.43 Å². The fourth-order valence-corrected chi connectivity index (χ4v) is 3.09. The number of hydrogen-bond acceptors (Lipinski definition) is 4. The zero-order chi connectivity index (χ0) is 16.1. The van der Waals surface area contributed by atoms with E-state index in [4.69, 9.17) is 4.74 Å². The van der Waals surface area contributed by atoms with Crippen LogP contribution in [-0.2, 0) is 20.9 Å². The average Bonchev–Trinajstić information content (AvgIpc) is 2.61. The number of hydrazone groups is 1. The van der Waals surface area contributed by atoms with Gasteiger partial charge in [0.1, 0.15) is 6.61 Å². The van der Waals surface area contributed by atoms with Gasteiger partial charge in [0.15, 0.2) is 0 Å². The van der Waals surface area contributed by atoms with Crippen LogP contribution in [0.5, 0.6) is 0 Å². The first-order valence-electron chi connectivity index (χ1n) is 8.34. The molecule has 1 aromatic carbocycles. The number of hydrogen-bond donors (Lipinski definition) is 1. The molecule has 1 aromatic rings. The summed E-state index contributed by atoms with van der Waals surface area (Å²) in [5.74, 6) is -0.0173. The smallest absolute Gasteiger partial charge is 0.309 e. The Morgan fingerprint density at radius 2 is 1.87 bits per heavy atom. The third-order valence-corrected chi connectivity index (χ3v) is 4.51. The Bertz CT molecular complexity index is 601. The highest BCUT2D eigenvalue weighted by molar-refractivity contribution is 6.04. The quantitative estimate of drug-likeness (QED) is 0.869. The molecule has 23 heavy (non-hydrogen) atoms. The van der Waals surface area contributed by atoms with E-state index in [1.54, 1.807) is 0 Å². The van der Waals surface area contributed by atoms with Gasteiger partial charge < -0.3 is 4.74 Å². The van der Waals surface area contributed by atoms with Crippen molar-refractivity contribution < 1.29 is 14.3 Å². The molecule has 2 aliphatic rings. The van der Waals surface area contributed by atoms with Gasteiger partial charge in [-0.25, -0.2) is 5.43 Å². The number of amides is 1. The van der Waals surface area contributed by atoms with Crippen LogP contribution in [0.3, 0.4) is 0 Å². The van der Waals surface area contributed by atoms with Crippen LogP contribution in [0.4, 0.5) is 0 Å². The fourth-order valence-electron chi connectivity index (χ4n) is 3.09. The van der Waals surface area contributed by atoms with Crippen LogP contribution in [-0.4, -0.2) is 17.6 Å². The lowest BCUT2D eigenvalue weighted by Crippen LogP contribution is -2.25. The molecule has 1 saturated carbocycles. The van der Waals surface area contributed by atoms with E-state index < -0.39 is 0 Å². The van der Waals surface area contributed by atoms with Gasteiger partial charge in [-0.3, -0.25) is 9.59 Å². The Labute approximate surface area is 136 Å². The first kappa shape index (κ1) is 15.7. The van der Waals surface area contributed by atoms with Gasteiger partial charge in [-0.15, -0.1) is 0 Å². The normalized spacial score (nSPS) is 19.0. The van der Waals surface area contributed by atoms with Crippen LogP contribution in [0.25, 0.3) is 0 Å². The molecule has 5 nitrogen and oxygen atoms in total. The second-order valence-corrected chi connectivity index (χ2v) is 6.23. The maximum atomic E-state index is 12.0. The number of carbonyl (C=O) groups excluding carboxylic acids is 2. The lowest BCUT2D eigenvalue weighted by atomic mass is 9.89. The van der Waals surface area contributed by atoms with Gasteiger partial charge >= 0.3 is 5.97 Å². The van der Waals surface area contributed by atoms with Gasteiger partial charge in [-0.2, -0.15) is 5.10 Å². The predicted molar refractivity (Wildman–Crippen MR) is 86.7 cm³/mol. The lowest BCUT2D eigenvalue weighted by Gasteiger charge is -2.20. The van der Waals surface area contributed by atoms with E-state index in [0.29, 0.717) is 19.4 Å². The number of rotatable bonds is 4. The van der Waals surface area contributed by atoms with Crippen molar-refractivity contribution in [2.75, 3.05) is 0 Å². The molecule has 0 aromatic heterocycles. The highest BCUT2D eigenvalue weighted by Gasteiger charge is 2.22. The number of nitrogens with zero attached hydrogens (tertiary/aromatic N) is 1. The zero-order valence-corrected chi connectivity index (χ0v) is 13.2. The third kappa shape index (κ3) is 4.18. The molecule has 1 N–H and O–H groups in total. The van der Waals surface area contributed by atoms with Crippen molar-refractivity contribution in [3.63, 3.8) is 0 Å². The Balaban J connectivity index is 1.53. The molecule has 5 heteroatoms. The second-order valence-electron chi connectivity index (χ2n) is 6.23. The van der Waals surface area contributed by atoms with Crippen molar-refractivity contribution in [3.05, 3.63) is 35.4 Å². The highest BCUT2D eigenvalue weighted by atomic mass is 16.5. The van der Waals surface area contributed by atoms with Crippen molar-refractivity contribution in [2.24, 2.45) is 11.0 Å². The minimum Gasteiger partial charge on any atom is -0.461 e. The first-order valence-corrected chi connectivity index (χ1v) is 8.34. The molecule has 0 atom stereocenters. The van der Waals surface area contributed by atoms with Crippen molar-refractivity contribution in [1.29, 1.82) is 0 Å². The van der Waals surface area contributed by atoms with E-state index in [9.17, 15) is 9.59 Å². The molecular formula is C18H22N2O3. The standard InChI is InChI=1S/C18H22N2O3/c21-17-11-10-16(19-20-17)14-8-6-13(7-9-14)12-23-18(22)15-4-2-1-3-5-15/h6-9,15H,1-5,10-12H2,(H,20,21). The van der Waals surface area contributed by atoms with Gasteiger partial charge in [0, 0.05) is 12.8 Å². The summed E-state index contributed by atoms with van der Waals surface area (Å²) < 4.78 is 5.44. The Kier molecular flexibility index (Phi) is 5.05. The van der Waals surface area contributed by atoms with Gasteiger partial charge in [0.05, 0.1) is 11.6 Å². The van der Waals surface area contributed by atoms with E-state index >= 15 is 0 Å². The van der Waals surface area contributed by atoms with Gasteiger partial charge in [-0.05, 0) is 24.0 Å². The van der Waals surface area contributed by atoms with Gasteiger partial charge in [0.25, 0.3) is 0 Å². The van der Waals surface area contributed by atoms with E-state index in [-0.39, 0.29) is 17.8 Å². The lowest BCUT2D eigenvalue weighted by molar-refractivity contribution is -0.151. The summed E-state index contributed by atoms with van der Waals surface area (Å²) in [5, 5.41) is 4.08. The van der Waals surface area contributed by atoms with Crippen molar-refractivity contribution in [3.8, 4) is 0 Å². The number of benzene rings is 1. The van der Waals surface area contributed by atoms with Crippen molar-refractivity contribution in [2.45, 2.75) is 51.6 Å². The molecule has 1 fully saturated rings. The van der Waals surface area contributed by atoms with E-state index in [0.717, 1.165) is 42.5 Å². The maximum absolute atomic E-state index is 12.0. The molecule has 0 bridgehead atoms. The number of nitrogens with one attached hydrogen (secondary N) is 1.